The Labute approximate surface area is 60.7 Å². The largest absolute Gasteiger partial charge is 0.364 e. The van der Waals surface area contributed by atoms with Crippen molar-refractivity contribution >= 4 is 5.82 Å². The first kappa shape index (κ1) is 6.88. The highest BCUT2D eigenvalue weighted by Crippen LogP contribution is 2.19. The van der Waals surface area contributed by atoms with Crippen molar-refractivity contribution in [2.24, 2.45) is 0 Å². The van der Waals surface area contributed by atoms with Crippen LogP contribution in [0.2, 0.25) is 0 Å². The van der Waals surface area contributed by atoms with Crippen molar-refractivity contribution in [2.45, 2.75) is 19.8 Å². The van der Waals surface area contributed by atoms with Crippen molar-refractivity contribution < 1.29 is 0 Å². The first-order chi connectivity index (χ1) is 4.74. The minimum atomic E-state index is 0.506. The zero-order valence-corrected chi connectivity index (χ0v) is 6.18. The van der Waals surface area contributed by atoms with Gasteiger partial charge in [-0.2, -0.15) is 0 Å². The molecule has 0 amide bonds. The molecule has 0 aliphatic rings. The highest BCUT2D eigenvalue weighted by molar-refractivity contribution is 5.40. The maximum absolute atomic E-state index is 6.69. The van der Waals surface area contributed by atoms with Crippen LogP contribution in [0.1, 0.15) is 25.3 Å². The highest BCUT2D eigenvalue weighted by Gasteiger charge is 2.01. The van der Waals surface area contributed by atoms with Crippen LogP contribution < -0.4 is 0 Å². The molecule has 0 bridgehead atoms. The number of hydrogen-bond donors (Lipinski definition) is 1. The van der Waals surface area contributed by atoms with E-state index in [1.165, 1.54) is 5.56 Å². The van der Waals surface area contributed by atoms with Crippen LogP contribution in [0.4, 0.5) is 5.82 Å². The van der Waals surface area contributed by atoms with Crippen LogP contribution in [0.15, 0.2) is 12.3 Å². The lowest BCUT2D eigenvalue weighted by atomic mass is 10.1. The molecule has 1 aromatic rings. The molecule has 0 fully saturated rings. The van der Waals surface area contributed by atoms with Crippen molar-refractivity contribution in [3.63, 3.8) is 0 Å². The second-order valence-corrected chi connectivity index (χ2v) is 2.58. The lowest BCUT2D eigenvalue weighted by Gasteiger charge is -1.95. The van der Waals surface area contributed by atoms with E-state index in [1.54, 1.807) is 0 Å². The van der Waals surface area contributed by atoms with Crippen LogP contribution in [0.5, 0.6) is 0 Å². The molecule has 0 spiro atoms. The lowest BCUT2D eigenvalue weighted by Crippen LogP contribution is -1.79. The average molecular weight is 134 g/mol. The molecule has 1 aromatic heterocycles. The normalized spacial score (nSPS) is 9.80. The van der Waals surface area contributed by atoms with Gasteiger partial charge in [-0.3, -0.25) is 0 Å². The summed E-state index contributed by atoms with van der Waals surface area (Å²) in [5.74, 6) is 1.13. The molecule has 0 saturated heterocycles. The molecule has 10 heavy (non-hydrogen) atoms. The summed E-state index contributed by atoms with van der Waals surface area (Å²) < 4.78 is 0. The predicted octanol–water partition coefficient (Wildman–Crippen LogP) is 2.69. The van der Waals surface area contributed by atoms with E-state index in [2.05, 4.69) is 23.7 Å². The first-order valence-electron chi connectivity index (χ1n) is 3.30. The Morgan fingerprint density at radius 2 is 2.30 bits per heavy atom. The van der Waals surface area contributed by atoms with E-state index in [1.807, 2.05) is 12.3 Å². The van der Waals surface area contributed by atoms with Crippen molar-refractivity contribution in [1.29, 1.82) is 0 Å². The monoisotopic (exact) mass is 134 g/mol. The fourth-order valence-electron chi connectivity index (χ4n) is 0.796. The molecule has 0 atom stereocenters. The molecule has 0 aromatic carbocycles. The van der Waals surface area contributed by atoms with Crippen molar-refractivity contribution in [2.75, 3.05) is 0 Å². The molecule has 0 unspecified atom stereocenters. The van der Waals surface area contributed by atoms with Gasteiger partial charge in [-0.1, -0.05) is 20.4 Å². The fourth-order valence-corrected chi connectivity index (χ4v) is 0.796. The number of hydrogen-bond acceptors (Lipinski definition) is 0. The highest BCUT2D eigenvalue weighted by atomic mass is 14.9. The van der Waals surface area contributed by atoms with E-state index in [4.69, 9.17) is 6.57 Å². The van der Waals surface area contributed by atoms with Crippen LogP contribution >= 0.6 is 0 Å². The maximum atomic E-state index is 6.69. The zero-order chi connectivity index (χ0) is 7.56. The molecule has 1 rings (SSSR count). The van der Waals surface area contributed by atoms with Crippen molar-refractivity contribution in [3.8, 4) is 0 Å². The smallest absolute Gasteiger partial charge is 0.228 e. The van der Waals surface area contributed by atoms with Crippen molar-refractivity contribution in [1.82, 2.24) is 4.98 Å². The van der Waals surface area contributed by atoms with Gasteiger partial charge in [0.15, 0.2) is 0 Å². The number of aromatic nitrogens is 1. The summed E-state index contributed by atoms with van der Waals surface area (Å²) in [6.07, 6.45) is 1.89. The summed E-state index contributed by atoms with van der Waals surface area (Å²) in [6.45, 7) is 10.9. The molecule has 0 aliphatic carbocycles. The van der Waals surface area contributed by atoms with Crippen LogP contribution in [0.3, 0.4) is 0 Å². The molecule has 2 nitrogen and oxygen atoms in total. The molecule has 1 N–H and O–H groups in total. The summed E-state index contributed by atoms with van der Waals surface area (Å²) in [7, 11) is 0. The molecule has 0 radical (unpaired) electrons. The number of nitrogens with one attached hydrogen (secondary N) is 1. The topological polar surface area (TPSA) is 20.1 Å². The van der Waals surface area contributed by atoms with Gasteiger partial charge in [0, 0.05) is 0 Å². The van der Waals surface area contributed by atoms with Crippen LogP contribution in [-0.2, 0) is 0 Å². The van der Waals surface area contributed by atoms with Gasteiger partial charge in [0.1, 0.15) is 0 Å². The minimum absolute atomic E-state index is 0.506. The Kier molecular flexibility index (Phi) is 1.77. The number of rotatable bonds is 1. The van der Waals surface area contributed by atoms with Gasteiger partial charge < -0.3 is 9.83 Å². The third-order valence-electron chi connectivity index (χ3n) is 1.48. The Morgan fingerprint density at radius 1 is 1.60 bits per heavy atom. The standard InChI is InChI=1S/C8H10N2/c1-6(2)7-4-8(9-3)10-5-7/h4-6,10H,1-2H3. The molecule has 2 heteroatoms. The Hall–Kier alpha value is -1.23. The zero-order valence-electron chi connectivity index (χ0n) is 6.18. The average Bonchev–Trinajstić information content (AvgIpc) is 2.34. The second-order valence-electron chi connectivity index (χ2n) is 2.58. The third-order valence-corrected chi connectivity index (χ3v) is 1.48. The number of aromatic amines is 1. The molecule has 0 aliphatic heterocycles. The Bertz CT molecular complexity index is 252. The van der Waals surface area contributed by atoms with E-state index in [0.29, 0.717) is 11.7 Å². The van der Waals surface area contributed by atoms with Crippen molar-refractivity contribution in [3.05, 3.63) is 29.2 Å². The summed E-state index contributed by atoms with van der Waals surface area (Å²) in [6, 6.07) is 1.89. The van der Waals surface area contributed by atoms with Gasteiger partial charge >= 0.3 is 0 Å². The predicted molar refractivity (Wildman–Crippen MR) is 41.1 cm³/mol. The maximum Gasteiger partial charge on any atom is 0.228 e. The number of nitrogens with zero attached hydrogens (tertiary/aromatic N) is 1. The summed E-state index contributed by atoms with van der Waals surface area (Å²) in [5.41, 5.74) is 1.20. The molecular weight excluding hydrogens is 124 g/mol. The fraction of sp³-hybridized carbons (Fsp3) is 0.375. The van der Waals surface area contributed by atoms with E-state index < -0.39 is 0 Å². The van der Waals surface area contributed by atoms with E-state index in [0.717, 1.165) is 0 Å². The summed E-state index contributed by atoms with van der Waals surface area (Å²) in [5, 5.41) is 0. The lowest BCUT2D eigenvalue weighted by molar-refractivity contribution is 0.869. The van der Waals surface area contributed by atoms with Gasteiger partial charge in [0.2, 0.25) is 5.82 Å². The van der Waals surface area contributed by atoms with Gasteiger partial charge in [-0.15, -0.1) is 0 Å². The van der Waals surface area contributed by atoms with E-state index in [9.17, 15) is 0 Å². The minimum Gasteiger partial charge on any atom is -0.364 e. The molecule has 52 valence electrons. The van der Waals surface area contributed by atoms with Crippen LogP contribution in [0, 0.1) is 6.57 Å². The summed E-state index contributed by atoms with van der Waals surface area (Å²) in [4.78, 5) is 6.15. The van der Waals surface area contributed by atoms with Gasteiger partial charge in [0.25, 0.3) is 0 Å². The molecule has 0 saturated carbocycles. The first-order valence-corrected chi connectivity index (χ1v) is 3.30. The van der Waals surface area contributed by atoms with Gasteiger partial charge in [0.05, 0.1) is 6.20 Å². The van der Waals surface area contributed by atoms with E-state index in [-0.39, 0.29) is 0 Å². The summed E-state index contributed by atoms with van der Waals surface area (Å²) >= 11 is 0. The molecular formula is C8H10N2. The SMILES string of the molecule is [C-]#[N+]c1cc(C(C)C)c[nH]1. The van der Waals surface area contributed by atoms with E-state index >= 15 is 0 Å². The Morgan fingerprint density at radius 3 is 2.60 bits per heavy atom. The van der Waals surface area contributed by atoms with Gasteiger partial charge in [-0.25, -0.2) is 0 Å². The van der Waals surface area contributed by atoms with Gasteiger partial charge in [-0.05, 0) is 17.5 Å². The number of H-pyrrole nitrogens is 1. The third kappa shape index (κ3) is 1.19. The Balaban J connectivity index is 2.91. The van der Waals surface area contributed by atoms with Crippen LogP contribution in [-0.4, -0.2) is 4.98 Å². The molecule has 1 heterocycles. The van der Waals surface area contributed by atoms with Crippen LogP contribution in [0.25, 0.3) is 4.85 Å². The quantitative estimate of drug-likeness (QED) is 0.570. The second kappa shape index (κ2) is 2.57.